The van der Waals surface area contributed by atoms with Crippen LogP contribution < -0.4 is 11.3 Å². The van der Waals surface area contributed by atoms with E-state index in [1.165, 1.54) is 10.9 Å². The maximum atomic E-state index is 13.8. The number of aryl methyl sites for hydroxylation is 2. The molecule has 0 saturated carbocycles. The minimum absolute atomic E-state index is 0.232. The molecule has 2 rings (SSSR count). The Labute approximate surface area is 104 Å². The first-order valence-corrected chi connectivity index (χ1v) is 6.22. The molecule has 90 valence electrons. The van der Waals surface area contributed by atoms with E-state index < -0.39 is 0 Å². The van der Waals surface area contributed by atoms with Crippen molar-refractivity contribution in [2.24, 2.45) is 5.84 Å². The van der Waals surface area contributed by atoms with Gasteiger partial charge in [-0.25, -0.2) is 9.82 Å². The SMILES string of the molecule is Cc1ccc(F)c(C(NN)c2ccc(C)s2)c1. The molecule has 1 atom stereocenters. The molecule has 0 aliphatic rings. The highest BCUT2D eigenvalue weighted by Gasteiger charge is 2.18. The Bertz CT molecular complexity index is 522. The molecule has 0 aliphatic carbocycles. The number of hydrogen-bond acceptors (Lipinski definition) is 3. The highest BCUT2D eigenvalue weighted by Crippen LogP contribution is 2.29. The lowest BCUT2D eigenvalue weighted by molar-refractivity contribution is 0.563. The summed E-state index contributed by atoms with van der Waals surface area (Å²) in [6.07, 6.45) is 0. The number of rotatable bonds is 3. The second-order valence-electron chi connectivity index (χ2n) is 4.07. The summed E-state index contributed by atoms with van der Waals surface area (Å²) >= 11 is 1.62. The van der Waals surface area contributed by atoms with Gasteiger partial charge in [0.25, 0.3) is 0 Å². The molecule has 0 radical (unpaired) electrons. The van der Waals surface area contributed by atoms with Crippen molar-refractivity contribution in [3.8, 4) is 0 Å². The van der Waals surface area contributed by atoms with Gasteiger partial charge in [0.1, 0.15) is 5.82 Å². The fourth-order valence-electron chi connectivity index (χ4n) is 1.82. The Morgan fingerprint density at radius 3 is 2.59 bits per heavy atom. The minimum Gasteiger partial charge on any atom is -0.271 e. The van der Waals surface area contributed by atoms with E-state index in [0.717, 1.165) is 10.4 Å². The van der Waals surface area contributed by atoms with Crippen molar-refractivity contribution in [1.29, 1.82) is 0 Å². The predicted molar refractivity (Wildman–Crippen MR) is 69.4 cm³/mol. The van der Waals surface area contributed by atoms with Gasteiger partial charge in [-0.2, -0.15) is 0 Å². The molecule has 2 nitrogen and oxygen atoms in total. The lowest BCUT2D eigenvalue weighted by Gasteiger charge is -2.16. The average molecular weight is 250 g/mol. The van der Waals surface area contributed by atoms with Crippen molar-refractivity contribution in [1.82, 2.24) is 5.43 Å². The first-order valence-electron chi connectivity index (χ1n) is 5.40. The van der Waals surface area contributed by atoms with Gasteiger partial charge < -0.3 is 0 Å². The van der Waals surface area contributed by atoms with E-state index in [4.69, 9.17) is 5.84 Å². The van der Waals surface area contributed by atoms with Crippen molar-refractivity contribution >= 4 is 11.3 Å². The van der Waals surface area contributed by atoms with E-state index in [2.05, 4.69) is 5.43 Å². The van der Waals surface area contributed by atoms with Crippen molar-refractivity contribution in [3.05, 3.63) is 57.0 Å². The van der Waals surface area contributed by atoms with Crippen LogP contribution in [-0.4, -0.2) is 0 Å². The molecular formula is C13H15FN2S. The fourth-order valence-corrected chi connectivity index (χ4v) is 2.77. The number of halogens is 1. The van der Waals surface area contributed by atoms with Gasteiger partial charge in [0, 0.05) is 15.3 Å². The van der Waals surface area contributed by atoms with Crippen LogP contribution in [0.5, 0.6) is 0 Å². The molecule has 2 aromatic rings. The lowest BCUT2D eigenvalue weighted by Crippen LogP contribution is -2.29. The predicted octanol–water partition coefficient (Wildman–Crippen LogP) is 3.06. The maximum Gasteiger partial charge on any atom is 0.128 e. The second-order valence-corrected chi connectivity index (χ2v) is 5.39. The Hall–Kier alpha value is -1.23. The molecule has 4 heteroatoms. The summed E-state index contributed by atoms with van der Waals surface area (Å²) in [4.78, 5) is 2.21. The van der Waals surface area contributed by atoms with Crippen LogP contribution >= 0.6 is 11.3 Å². The van der Waals surface area contributed by atoms with E-state index in [0.29, 0.717) is 5.56 Å². The van der Waals surface area contributed by atoms with E-state index in [1.807, 2.05) is 32.0 Å². The Morgan fingerprint density at radius 1 is 1.24 bits per heavy atom. The number of benzene rings is 1. The van der Waals surface area contributed by atoms with Crippen LogP contribution in [0, 0.1) is 19.7 Å². The minimum atomic E-state index is -0.284. The van der Waals surface area contributed by atoms with E-state index in [-0.39, 0.29) is 11.9 Å². The number of thiophene rings is 1. The fraction of sp³-hybridized carbons (Fsp3) is 0.231. The summed E-state index contributed by atoms with van der Waals surface area (Å²) in [5.41, 5.74) is 4.30. The van der Waals surface area contributed by atoms with Gasteiger partial charge in [0.05, 0.1) is 6.04 Å². The van der Waals surface area contributed by atoms with Crippen LogP contribution in [0.2, 0.25) is 0 Å². The largest absolute Gasteiger partial charge is 0.271 e. The summed E-state index contributed by atoms with van der Waals surface area (Å²) in [7, 11) is 0. The van der Waals surface area contributed by atoms with E-state index >= 15 is 0 Å². The highest BCUT2D eigenvalue weighted by molar-refractivity contribution is 7.12. The first kappa shape index (κ1) is 12.2. The summed E-state index contributed by atoms with van der Waals surface area (Å²) in [6, 6.07) is 8.77. The number of hydrazine groups is 1. The molecule has 1 heterocycles. The summed E-state index contributed by atoms with van der Waals surface area (Å²) in [6.45, 7) is 3.96. The first-order chi connectivity index (χ1) is 8.11. The topological polar surface area (TPSA) is 38.0 Å². The molecule has 1 unspecified atom stereocenters. The van der Waals surface area contributed by atoms with Gasteiger partial charge in [-0.05, 0) is 32.0 Å². The molecule has 0 fully saturated rings. The normalized spacial score (nSPS) is 12.7. The van der Waals surface area contributed by atoms with Gasteiger partial charge in [0.15, 0.2) is 0 Å². The zero-order valence-corrected chi connectivity index (χ0v) is 10.6. The van der Waals surface area contributed by atoms with Crippen LogP contribution in [-0.2, 0) is 0 Å². The molecule has 0 bridgehead atoms. The number of nitrogens with one attached hydrogen (secondary N) is 1. The van der Waals surface area contributed by atoms with Gasteiger partial charge in [-0.3, -0.25) is 5.84 Å². The molecule has 0 amide bonds. The summed E-state index contributed by atoms with van der Waals surface area (Å²) < 4.78 is 13.8. The highest BCUT2D eigenvalue weighted by atomic mass is 32.1. The van der Waals surface area contributed by atoms with Gasteiger partial charge in [-0.1, -0.05) is 17.7 Å². The quantitative estimate of drug-likeness (QED) is 0.649. The molecule has 17 heavy (non-hydrogen) atoms. The zero-order chi connectivity index (χ0) is 12.4. The molecule has 1 aromatic heterocycles. The van der Waals surface area contributed by atoms with Crippen molar-refractivity contribution in [2.75, 3.05) is 0 Å². The van der Waals surface area contributed by atoms with Crippen LogP contribution in [0.25, 0.3) is 0 Å². The monoisotopic (exact) mass is 250 g/mol. The Morgan fingerprint density at radius 2 is 2.00 bits per heavy atom. The van der Waals surface area contributed by atoms with Gasteiger partial charge in [-0.15, -0.1) is 11.3 Å². The van der Waals surface area contributed by atoms with Crippen LogP contribution in [0.4, 0.5) is 4.39 Å². The average Bonchev–Trinajstić information content (AvgIpc) is 2.71. The van der Waals surface area contributed by atoms with Crippen LogP contribution in [0.15, 0.2) is 30.3 Å². The van der Waals surface area contributed by atoms with Crippen molar-refractivity contribution < 1.29 is 4.39 Å². The number of nitrogens with two attached hydrogens (primary N) is 1. The van der Waals surface area contributed by atoms with E-state index in [9.17, 15) is 4.39 Å². The van der Waals surface area contributed by atoms with Crippen LogP contribution in [0.3, 0.4) is 0 Å². The lowest BCUT2D eigenvalue weighted by atomic mass is 10.0. The molecule has 1 aromatic carbocycles. The van der Waals surface area contributed by atoms with Crippen molar-refractivity contribution in [3.63, 3.8) is 0 Å². The van der Waals surface area contributed by atoms with Crippen molar-refractivity contribution in [2.45, 2.75) is 19.9 Å². The summed E-state index contributed by atoms with van der Waals surface area (Å²) in [5, 5.41) is 0. The third kappa shape index (κ3) is 2.54. The van der Waals surface area contributed by atoms with Crippen LogP contribution in [0.1, 0.15) is 26.9 Å². The molecule has 0 spiro atoms. The Kier molecular flexibility index (Phi) is 3.57. The van der Waals surface area contributed by atoms with Gasteiger partial charge >= 0.3 is 0 Å². The van der Waals surface area contributed by atoms with Gasteiger partial charge in [0.2, 0.25) is 0 Å². The molecule has 3 N–H and O–H groups in total. The zero-order valence-electron chi connectivity index (χ0n) is 9.83. The maximum absolute atomic E-state index is 13.8. The van der Waals surface area contributed by atoms with E-state index in [1.54, 1.807) is 17.4 Å². The second kappa shape index (κ2) is 4.96. The third-order valence-electron chi connectivity index (χ3n) is 2.67. The third-order valence-corrected chi connectivity index (χ3v) is 3.74. The summed E-state index contributed by atoms with van der Waals surface area (Å²) in [5.74, 6) is 5.32. The standard InChI is InChI=1S/C13H15FN2S/c1-8-3-5-11(14)10(7-8)13(16-15)12-6-4-9(2)17-12/h3-7,13,16H,15H2,1-2H3. The Balaban J connectivity index is 2.45. The number of hydrogen-bond donors (Lipinski definition) is 2. The molecule has 0 aliphatic heterocycles. The molecular weight excluding hydrogens is 235 g/mol. The smallest absolute Gasteiger partial charge is 0.128 e. The molecule has 0 saturated heterocycles.